The molecular formula is C19H19BrN2O3S. The molecular weight excluding hydrogens is 416 g/mol. The van der Waals surface area contributed by atoms with Crippen LogP contribution in [0.25, 0.3) is 6.08 Å². The molecule has 0 aromatic heterocycles. The molecule has 1 amide bonds. The minimum Gasteiger partial charge on any atom is -0.493 e. The van der Waals surface area contributed by atoms with Crippen molar-refractivity contribution in [2.75, 3.05) is 19.5 Å². The Hall–Kier alpha value is -2.38. The maximum Gasteiger partial charge on any atom is 0.250 e. The van der Waals surface area contributed by atoms with Gasteiger partial charge < -0.3 is 14.8 Å². The molecule has 7 heteroatoms. The predicted molar refractivity (Wildman–Crippen MR) is 112 cm³/mol. The van der Waals surface area contributed by atoms with Gasteiger partial charge in [-0.15, -0.1) is 0 Å². The molecule has 2 N–H and O–H groups in total. The van der Waals surface area contributed by atoms with Gasteiger partial charge in [-0.3, -0.25) is 10.1 Å². The van der Waals surface area contributed by atoms with Crippen LogP contribution in [0.4, 0.5) is 5.69 Å². The van der Waals surface area contributed by atoms with Gasteiger partial charge in [0.25, 0.3) is 0 Å². The van der Waals surface area contributed by atoms with Gasteiger partial charge in [0.2, 0.25) is 5.91 Å². The quantitative estimate of drug-likeness (QED) is 0.542. The maximum absolute atomic E-state index is 12.0. The van der Waals surface area contributed by atoms with Crippen molar-refractivity contribution in [1.29, 1.82) is 0 Å². The van der Waals surface area contributed by atoms with E-state index in [9.17, 15) is 4.79 Å². The van der Waals surface area contributed by atoms with Gasteiger partial charge in [0, 0.05) is 10.5 Å². The van der Waals surface area contributed by atoms with E-state index in [0.717, 1.165) is 21.3 Å². The summed E-state index contributed by atoms with van der Waals surface area (Å²) < 4.78 is 11.3. The molecule has 26 heavy (non-hydrogen) atoms. The first-order valence-corrected chi connectivity index (χ1v) is 8.91. The third-order valence-corrected chi connectivity index (χ3v) is 4.30. The van der Waals surface area contributed by atoms with E-state index in [1.807, 2.05) is 31.2 Å². The van der Waals surface area contributed by atoms with Crippen molar-refractivity contribution in [2.24, 2.45) is 0 Å². The highest BCUT2D eigenvalue weighted by Crippen LogP contribution is 2.28. The van der Waals surface area contributed by atoms with Gasteiger partial charge in [0.1, 0.15) is 0 Å². The fourth-order valence-corrected chi connectivity index (χ4v) is 2.96. The van der Waals surface area contributed by atoms with E-state index in [0.29, 0.717) is 11.5 Å². The van der Waals surface area contributed by atoms with Crippen LogP contribution in [0.1, 0.15) is 11.1 Å². The van der Waals surface area contributed by atoms with Crippen LogP contribution in [0.3, 0.4) is 0 Å². The van der Waals surface area contributed by atoms with Gasteiger partial charge in [0.15, 0.2) is 16.6 Å². The van der Waals surface area contributed by atoms with Crippen molar-refractivity contribution in [3.05, 3.63) is 58.1 Å². The number of anilines is 1. The lowest BCUT2D eigenvalue weighted by atomic mass is 10.2. The second-order valence-electron chi connectivity index (χ2n) is 5.37. The molecule has 2 aromatic rings. The second-order valence-corrected chi connectivity index (χ2v) is 6.64. The molecule has 2 rings (SSSR count). The maximum atomic E-state index is 12.0. The van der Waals surface area contributed by atoms with Gasteiger partial charge in [-0.25, -0.2) is 0 Å². The second kappa shape index (κ2) is 9.35. The number of aryl methyl sites for hydroxylation is 1. The summed E-state index contributed by atoms with van der Waals surface area (Å²) in [6.07, 6.45) is 3.07. The Labute approximate surface area is 166 Å². The molecule has 2 aromatic carbocycles. The highest BCUT2D eigenvalue weighted by Gasteiger charge is 2.06. The summed E-state index contributed by atoms with van der Waals surface area (Å²) >= 11 is 8.63. The van der Waals surface area contributed by atoms with Gasteiger partial charge in [0.05, 0.1) is 19.9 Å². The zero-order chi connectivity index (χ0) is 19.1. The first-order chi connectivity index (χ1) is 12.4. The van der Waals surface area contributed by atoms with Crippen LogP contribution >= 0.6 is 28.1 Å². The first kappa shape index (κ1) is 19.9. The molecule has 0 aliphatic heterocycles. The number of carbonyl (C=O) groups is 1. The van der Waals surface area contributed by atoms with E-state index in [1.54, 1.807) is 32.4 Å². The van der Waals surface area contributed by atoms with Crippen LogP contribution in [0.5, 0.6) is 11.5 Å². The Balaban J connectivity index is 1.97. The summed E-state index contributed by atoms with van der Waals surface area (Å²) in [6, 6.07) is 11.2. The lowest BCUT2D eigenvalue weighted by molar-refractivity contribution is -0.115. The summed E-state index contributed by atoms with van der Waals surface area (Å²) in [5, 5.41) is 5.81. The first-order valence-electron chi connectivity index (χ1n) is 7.71. The molecule has 0 bridgehead atoms. The summed E-state index contributed by atoms with van der Waals surface area (Å²) in [7, 11) is 3.13. The fourth-order valence-electron chi connectivity index (χ4n) is 2.16. The van der Waals surface area contributed by atoms with Crippen LogP contribution in [0.15, 0.2) is 46.9 Å². The number of ether oxygens (including phenoxy) is 2. The Bertz CT molecular complexity index is 853. The Morgan fingerprint density at radius 2 is 1.85 bits per heavy atom. The molecule has 0 aliphatic rings. The van der Waals surface area contributed by atoms with Crippen molar-refractivity contribution < 1.29 is 14.3 Å². The van der Waals surface area contributed by atoms with Crippen molar-refractivity contribution in [2.45, 2.75) is 6.92 Å². The van der Waals surface area contributed by atoms with Crippen LogP contribution in [-0.2, 0) is 4.79 Å². The lowest BCUT2D eigenvalue weighted by Gasteiger charge is -2.10. The normalized spacial score (nSPS) is 10.5. The third kappa shape index (κ3) is 5.57. The molecule has 0 aliphatic carbocycles. The van der Waals surface area contributed by atoms with Crippen molar-refractivity contribution in [1.82, 2.24) is 5.32 Å². The molecule has 0 saturated carbocycles. The average Bonchev–Trinajstić information content (AvgIpc) is 2.62. The van der Waals surface area contributed by atoms with Gasteiger partial charge in [-0.05, 0) is 76.5 Å². The smallest absolute Gasteiger partial charge is 0.250 e. The van der Waals surface area contributed by atoms with E-state index >= 15 is 0 Å². The van der Waals surface area contributed by atoms with Crippen LogP contribution in [-0.4, -0.2) is 25.2 Å². The largest absolute Gasteiger partial charge is 0.493 e. The standard InChI is InChI=1S/C19H19BrN2O3S/c1-12-4-7-15(14(20)10-12)21-19(26)22-18(23)9-6-13-5-8-16(24-2)17(11-13)25-3/h4-11H,1-3H3,(H2,21,22,23,26)/b9-6+. The van der Waals surface area contributed by atoms with E-state index < -0.39 is 0 Å². The molecule has 0 fully saturated rings. The molecule has 0 saturated heterocycles. The monoisotopic (exact) mass is 434 g/mol. The van der Waals surface area contributed by atoms with Crippen molar-refractivity contribution in [3.63, 3.8) is 0 Å². The Morgan fingerprint density at radius 3 is 2.50 bits per heavy atom. The van der Waals surface area contributed by atoms with Gasteiger partial charge in [-0.1, -0.05) is 12.1 Å². The number of rotatable bonds is 5. The number of carbonyl (C=O) groups excluding carboxylic acids is 1. The number of methoxy groups -OCH3 is 2. The van der Waals surface area contributed by atoms with E-state index in [-0.39, 0.29) is 11.0 Å². The molecule has 0 atom stereocenters. The summed E-state index contributed by atoms with van der Waals surface area (Å²) in [5.74, 6) is 0.889. The summed E-state index contributed by atoms with van der Waals surface area (Å²) in [4.78, 5) is 12.0. The molecule has 136 valence electrons. The fraction of sp³-hybridized carbons (Fsp3) is 0.158. The number of hydrogen-bond acceptors (Lipinski definition) is 4. The number of nitrogens with one attached hydrogen (secondary N) is 2. The highest BCUT2D eigenvalue weighted by molar-refractivity contribution is 9.10. The Morgan fingerprint density at radius 1 is 1.12 bits per heavy atom. The zero-order valence-corrected chi connectivity index (χ0v) is 17.0. The summed E-state index contributed by atoms with van der Waals surface area (Å²) in [6.45, 7) is 1.99. The minimum absolute atomic E-state index is 0.219. The predicted octanol–water partition coefficient (Wildman–Crippen LogP) is 4.30. The third-order valence-electron chi connectivity index (χ3n) is 3.44. The zero-order valence-electron chi connectivity index (χ0n) is 14.6. The number of amides is 1. The molecule has 0 unspecified atom stereocenters. The van der Waals surface area contributed by atoms with Crippen LogP contribution in [0, 0.1) is 6.92 Å². The number of benzene rings is 2. The van der Waals surface area contributed by atoms with Crippen LogP contribution in [0.2, 0.25) is 0 Å². The van der Waals surface area contributed by atoms with E-state index in [4.69, 9.17) is 21.7 Å². The average molecular weight is 435 g/mol. The van der Waals surface area contributed by atoms with E-state index in [1.165, 1.54) is 6.08 Å². The van der Waals surface area contributed by atoms with Gasteiger partial charge in [-0.2, -0.15) is 0 Å². The van der Waals surface area contributed by atoms with Crippen LogP contribution < -0.4 is 20.1 Å². The molecule has 0 spiro atoms. The van der Waals surface area contributed by atoms with E-state index in [2.05, 4.69) is 26.6 Å². The Kier molecular flexibility index (Phi) is 7.17. The molecule has 5 nitrogen and oxygen atoms in total. The highest BCUT2D eigenvalue weighted by atomic mass is 79.9. The van der Waals surface area contributed by atoms with Crippen molar-refractivity contribution in [3.8, 4) is 11.5 Å². The lowest BCUT2D eigenvalue weighted by Crippen LogP contribution is -2.32. The van der Waals surface area contributed by atoms with Crippen molar-refractivity contribution >= 4 is 50.9 Å². The number of thiocarbonyl (C=S) groups is 1. The minimum atomic E-state index is -0.333. The topological polar surface area (TPSA) is 59.6 Å². The number of hydrogen-bond donors (Lipinski definition) is 2. The number of halogens is 1. The SMILES string of the molecule is COc1ccc(/C=C/C(=O)NC(=S)Nc2ccc(C)cc2Br)cc1OC. The molecule has 0 heterocycles. The summed E-state index contributed by atoms with van der Waals surface area (Å²) in [5.41, 5.74) is 2.71. The van der Waals surface area contributed by atoms with Gasteiger partial charge >= 0.3 is 0 Å². The molecule has 0 radical (unpaired) electrons.